The third-order valence-electron chi connectivity index (χ3n) is 6.51. The van der Waals surface area contributed by atoms with Crippen LogP contribution in [0.2, 0.25) is 0 Å². The Labute approximate surface area is 207 Å². The molecule has 0 saturated carbocycles. The summed E-state index contributed by atoms with van der Waals surface area (Å²) in [5, 5.41) is 5.05. The van der Waals surface area contributed by atoms with E-state index in [4.69, 9.17) is 9.72 Å². The molecular formula is C27H28N4O3S. The zero-order valence-electron chi connectivity index (χ0n) is 19.8. The van der Waals surface area contributed by atoms with Gasteiger partial charge in [-0.05, 0) is 43.0 Å². The van der Waals surface area contributed by atoms with E-state index in [9.17, 15) is 9.59 Å². The van der Waals surface area contributed by atoms with Gasteiger partial charge in [-0.1, -0.05) is 42.0 Å². The number of aromatic amines is 1. The standard InChI is InChI=1S/C27H28N4O3S/c1-17-5-3-7-20(13-17)22-16-35-24-23(22)29-27(30-26(24)33)31-11-9-19(10-12-31)25(32)28-15-18-6-4-8-21(14-18)34-2/h3-8,13-14,16,19H,9-12,15H2,1-2H3,(H,28,32)(H,29,30,33). The normalized spacial score (nSPS) is 14.3. The molecule has 180 valence electrons. The first-order valence-corrected chi connectivity index (χ1v) is 12.6. The highest BCUT2D eigenvalue weighted by Crippen LogP contribution is 2.32. The predicted molar refractivity (Wildman–Crippen MR) is 140 cm³/mol. The van der Waals surface area contributed by atoms with E-state index in [2.05, 4.69) is 34.3 Å². The summed E-state index contributed by atoms with van der Waals surface area (Å²) in [5.74, 6) is 1.35. The molecule has 3 heterocycles. The Kier molecular flexibility index (Phi) is 6.55. The monoisotopic (exact) mass is 488 g/mol. The minimum absolute atomic E-state index is 0.0590. The van der Waals surface area contributed by atoms with Gasteiger partial charge in [0.15, 0.2) is 0 Å². The van der Waals surface area contributed by atoms with Gasteiger partial charge in [0.1, 0.15) is 10.4 Å². The Morgan fingerprint density at radius 3 is 2.77 bits per heavy atom. The van der Waals surface area contributed by atoms with Gasteiger partial charge in [-0.2, -0.15) is 0 Å². The Morgan fingerprint density at radius 2 is 2.00 bits per heavy atom. The number of rotatable bonds is 6. The molecule has 0 aliphatic carbocycles. The summed E-state index contributed by atoms with van der Waals surface area (Å²) in [6.07, 6.45) is 1.42. The molecule has 1 aliphatic rings. The number of amides is 1. The van der Waals surface area contributed by atoms with Crippen molar-refractivity contribution in [1.29, 1.82) is 0 Å². The van der Waals surface area contributed by atoms with Crippen molar-refractivity contribution in [2.45, 2.75) is 26.3 Å². The van der Waals surface area contributed by atoms with E-state index in [1.165, 1.54) is 16.9 Å². The van der Waals surface area contributed by atoms with Crippen molar-refractivity contribution >= 4 is 33.4 Å². The van der Waals surface area contributed by atoms with Gasteiger partial charge in [0, 0.05) is 36.5 Å². The molecule has 2 aromatic carbocycles. The van der Waals surface area contributed by atoms with Crippen LogP contribution in [0.4, 0.5) is 5.95 Å². The third kappa shape index (κ3) is 4.93. The molecule has 1 saturated heterocycles. The average Bonchev–Trinajstić information content (AvgIpc) is 3.32. The predicted octanol–water partition coefficient (Wildman–Crippen LogP) is 4.50. The van der Waals surface area contributed by atoms with Crippen LogP contribution < -0.4 is 20.5 Å². The maximum absolute atomic E-state index is 12.8. The van der Waals surface area contributed by atoms with E-state index in [-0.39, 0.29) is 17.4 Å². The van der Waals surface area contributed by atoms with Gasteiger partial charge >= 0.3 is 0 Å². The van der Waals surface area contributed by atoms with E-state index >= 15 is 0 Å². The van der Waals surface area contributed by atoms with E-state index in [1.54, 1.807) is 7.11 Å². The lowest BCUT2D eigenvalue weighted by atomic mass is 9.96. The number of benzene rings is 2. The molecule has 4 aromatic rings. The second-order valence-corrected chi connectivity index (χ2v) is 9.80. The molecule has 0 unspecified atom stereocenters. The minimum Gasteiger partial charge on any atom is -0.497 e. The zero-order chi connectivity index (χ0) is 24.4. The molecule has 2 N–H and O–H groups in total. The number of aryl methyl sites for hydroxylation is 1. The first kappa shape index (κ1) is 23.1. The van der Waals surface area contributed by atoms with Crippen molar-refractivity contribution in [1.82, 2.24) is 15.3 Å². The largest absolute Gasteiger partial charge is 0.497 e. The fourth-order valence-corrected chi connectivity index (χ4v) is 5.46. The van der Waals surface area contributed by atoms with Crippen LogP contribution in [0, 0.1) is 12.8 Å². The Hall–Kier alpha value is -3.65. The van der Waals surface area contributed by atoms with Crippen LogP contribution in [-0.2, 0) is 11.3 Å². The number of nitrogens with one attached hydrogen (secondary N) is 2. The highest BCUT2D eigenvalue weighted by molar-refractivity contribution is 7.17. The minimum atomic E-state index is -0.118. The number of nitrogens with zero attached hydrogens (tertiary/aromatic N) is 2. The van der Waals surface area contributed by atoms with Gasteiger partial charge in [-0.15, -0.1) is 11.3 Å². The number of aromatic nitrogens is 2. The molecule has 0 spiro atoms. The van der Waals surface area contributed by atoms with Crippen LogP contribution in [-0.4, -0.2) is 36.1 Å². The molecule has 7 nitrogen and oxygen atoms in total. The first-order chi connectivity index (χ1) is 17.0. The van der Waals surface area contributed by atoms with Crippen LogP contribution in [0.15, 0.2) is 58.7 Å². The first-order valence-electron chi connectivity index (χ1n) is 11.8. The van der Waals surface area contributed by atoms with Gasteiger partial charge in [0.05, 0.1) is 12.6 Å². The summed E-state index contributed by atoms with van der Waals surface area (Å²) in [4.78, 5) is 35.5. The highest BCUT2D eigenvalue weighted by atomic mass is 32.1. The van der Waals surface area contributed by atoms with E-state index in [1.807, 2.05) is 41.8 Å². The maximum Gasteiger partial charge on any atom is 0.270 e. The molecule has 5 rings (SSSR count). The summed E-state index contributed by atoms with van der Waals surface area (Å²) < 4.78 is 5.89. The lowest BCUT2D eigenvalue weighted by Gasteiger charge is -2.31. The number of anilines is 1. The van der Waals surface area contributed by atoms with Gasteiger partial charge in [-0.3, -0.25) is 14.6 Å². The van der Waals surface area contributed by atoms with Gasteiger partial charge in [0.25, 0.3) is 5.56 Å². The number of fused-ring (bicyclic) bond motifs is 1. The quantitative estimate of drug-likeness (QED) is 0.417. The van der Waals surface area contributed by atoms with Gasteiger partial charge in [-0.25, -0.2) is 4.98 Å². The van der Waals surface area contributed by atoms with E-state index in [0.717, 1.165) is 28.0 Å². The van der Waals surface area contributed by atoms with Crippen LogP contribution in [0.3, 0.4) is 0 Å². The number of carbonyl (C=O) groups is 1. The molecular weight excluding hydrogens is 460 g/mol. The SMILES string of the molecule is COc1cccc(CNC(=O)C2CCN(c3nc4c(-c5cccc(C)c5)csc4c(=O)[nH]3)CC2)c1. The topological polar surface area (TPSA) is 87.3 Å². The summed E-state index contributed by atoms with van der Waals surface area (Å²) in [6.45, 7) is 3.85. The zero-order valence-corrected chi connectivity index (χ0v) is 20.7. The molecule has 1 amide bonds. The van der Waals surface area contributed by atoms with Gasteiger partial charge in [0.2, 0.25) is 11.9 Å². The van der Waals surface area contributed by atoms with Crippen molar-refractivity contribution in [3.63, 3.8) is 0 Å². The number of hydrogen-bond acceptors (Lipinski definition) is 6. The maximum atomic E-state index is 12.8. The number of carbonyl (C=O) groups excluding carboxylic acids is 1. The van der Waals surface area contributed by atoms with Crippen molar-refractivity contribution < 1.29 is 9.53 Å². The summed E-state index contributed by atoms with van der Waals surface area (Å²) in [5.41, 5.74) is 4.83. The lowest BCUT2D eigenvalue weighted by Crippen LogP contribution is -2.41. The second-order valence-electron chi connectivity index (χ2n) is 8.92. The third-order valence-corrected chi connectivity index (χ3v) is 7.48. The molecule has 1 aliphatic heterocycles. The van der Waals surface area contributed by atoms with E-state index in [0.29, 0.717) is 43.1 Å². The van der Waals surface area contributed by atoms with Crippen molar-refractivity contribution in [2.75, 3.05) is 25.1 Å². The number of hydrogen-bond donors (Lipinski definition) is 2. The van der Waals surface area contributed by atoms with Crippen LogP contribution in [0.1, 0.15) is 24.0 Å². The van der Waals surface area contributed by atoms with Crippen LogP contribution in [0.25, 0.3) is 21.3 Å². The summed E-state index contributed by atoms with van der Waals surface area (Å²) in [6, 6.07) is 15.9. The van der Waals surface area contributed by atoms with Gasteiger partial charge < -0.3 is 15.0 Å². The molecule has 0 radical (unpaired) electrons. The molecule has 35 heavy (non-hydrogen) atoms. The molecule has 8 heteroatoms. The van der Waals surface area contributed by atoms with Crippen molar-refractivity contribution in [3.05, 3.63) is 75.4 Å². The van der Waals surface area contributed by atoms with Crippen LogP contribution in [0.5, 0.6) is 5.75 Å². The molecule has 1 fully saturated rings. The molecule has 0 atom stereocenters. The smallest absolute Gasteiger partial charge is 0.270 e. The number of methoxy groups -OCH3 is 1. The van der Waals surface area contributed by atoms with Crippen LogP contribution >= 0.6 is 11.3 Å². The fraction of sp³-hybridized carbons (Fsp3) is 0.296. The average molecular weight is 489 g/mol. The second kappa shape index (κ2) is 9.92. The molecule has 0 bridgehead atoms. The van der Waals surface area contributed by atoms with Crippen molar-refractivity contribution in [2.24, 2.45) is 5.92 Å². The fourth-order valence-electron chi connectivity index (χ4n) is 4.55. The molecule has 2 aromatic heterocycles. The number of thiophene rings is 1. The Balaban J connectivity index is 1.27. The van der Waals surface area contributed by atoms with E-state index < -0.39 is 0 Å². The number of ether oxygens (including phenoxy) is 1. The van der Waals surface area contributed by atoms with Crippen molar-refractivity contribution in [3.8, 4) is 16.9 Å². The number of H-pyrrole nitrogens is 1. The Morgan fingerprint density at radius 1 is 1.20 bits per heavy atom. The highest BCUT2D eigenvalue weighted by Gasteiger charge is 2.26. The number of piperidine rings is 1. The Bertz CT molecular complexity index is 1420. The summed E-state index contributed by atoms with van der Waals surface area (Å²) >= 11 is 1.42. The lowest BCUT2D eigenvalue weighted by molar-refractivity contribution is -0.125. The summed E-state index contributed by atoms with van der Waals surface area (Å²) in [7, 11) is 1.63.